The van der Waals surface area contributed by atoms with Crippen LogP contribution in [0.25, 0.3) is 0 Å². The lowest BCUT2D eigenvalue weighted by Gasteiger charge is -2.53. The lowest BCUT2D eigenvalue weighted by atomic mass is 9.60. The van der Waals surface area contributed by atoms with Crippen molar-refractivity contribution < 1.29 is 38.5 Å². The number of allylic oxidation sites excluding steroid dienone is 1. The molecule has 51 heavy (non-hydrogen) atoms. The first kappa shape index (κ1) is 36.6. The zero-order chi connectivity index (χ0) is 35.7. The molecule has 4 aliphatic carbocycles. The maximum atomic E-state index is 15.7. The number of aliphatic hydroxyl groups is 1. The summed E-state index contributed by atoms with van der Waals surface area (Å²) in [6.45, 7) is 4.21. The van der Waals surface area contributed by atoms with Crippen LogP contribution in [-0.4, -0.2) is 96.0 Å². The molecule has 0 unspecified atom stereocenters. The van der Waals surface area contributed by atoms with Crippen LogP contribution in [0.3, 0.4) is 0 Å². The number of ether oxygens (including phenoxy) is 3. The fourth-order valence-corrected chi connectivity index (χ4v) is 11.7. The molecule has 5 fully saturated rings. The van der Waals surface area contributed by atoms with Gasteiger partial charge in [0, 0.05) is 25.4 Å². The molecule has 3 saturated carbocycles. The Balaban J connectivity index is 1.44. The van der Waals surface area contributed by atoms with Crippen LogP contribution in [0, 0.1) is 29.1 Å². The quantitative estimate of drug-likeness (QED) is 0.183. The average molecular weight is 710 g/mol. The van der Waals surface area contributed by atoms with Gasteiger partial charge in [-0.3, -0.25) is 19.3 Å². The van der Waals surface area contributed by atoms with Crippen LogP contribution in [0.15, 0.2) is 23.9 Å². The van der Waals surface area contributed by atoms with Gasteiger partial charge in [0.25, 0.3) is 0 Å². The highest BCUT2D eigenvalue weighted by Gasteiger charge is 2.77. The highest BCUT2D eigenvalue weighted by molar-refractivity contribution is 6.07. The maximum Gasteiger partial charge on any atom is 0.421 e. The number of methoxy groups -OCH3 is 1. The first-order valence-electron chi connectivity index (χ1n) is 20.1. The van der Waals surface area contributed by atoms with Gasteiger partial charge >= 0.3 is 12.1 Å². The minimum Gasteiger partial charge on any atom is -0.459 e. The average Bonchev–Trinajstić information content (AvgIpc) is 3.61. The highest BCUT2D eigenvalue weighted by atomic mass is 16.6. The van der Waals surface area contributed by atoms with Crippen LogP contribution in [0.2, 0.25) is 0 Å². The van der Waals surface area contributed by atoms with Crippen LogP contribution in [0.5, 0.6) is 0 Å². The van der Waals surface area contributed by atoms with Crippen molar-refractivity contribution in [3.8, 4) is 0 Å². The van der Waals surface area contributed by atoms with Gasteiger partial charge < -0.3 is 24.6 Å². The van der Waals surface area contributed by atoms with E-state index in [2.05, 4.69) is 16.8 Å². The summed E-state index contributed by atoms with van der Waals surface area (Å²) in [6.07, 6.45) is 16.2. The zero-order valence-corrected chi connectivity index (χ0v) is 30.5. The second kappa shape index (κ2) is 15.7. The van der Waals surface area contributed by atoms with Gasteiger partial charge in [-0.05, 0) is 100 Å². The van der Waals surface area contributed by atoms with Crippen LogP contribution in [-0.2, 0) is 28.6 Å². The Labute approximate surface area is 302 Å². The monoisotopic (exact) mass is 709 g/mol. The molecule has 1 spiro atoms. The standard InChI is InChI=1S/C40H59N3O8/c1-3-22-41-36(45)31-33-37(46)51-34(26-14-8-5-9-15-26)32(25-12-6-4-7-13-25)43(33)35(27-18-20-28(44)21-19-27)40(31)29-16-10-11-17-30(29)42(38(40)47)39(48)50-24-23-49-2/h3,25-28,31-35,44H,1,4-24H2,2H3,(H,41,45)/t27?,28?,31-,32-,33-,34+,35+,40-/m0/s1. The molecular weight excluding hydrogens is 650 g/mol. The third-order valence-electron chi connectivity index (χ3n) is 13.7. The van der Waals surface area contributed by atoms with Crippen LogP contribution >= 0.6 is 0 Å². The Hall–Kier alpha value is -2.76. The molecule has 0 radical (unpaired) electrons. The summed E-state index contributed by atoms with van der Waals surface area (Å²) in [4.78, 5) is 63.0. The van der Waals surface area contributed by atoms with E-state index < -0.39 is 47.5 Å². The van der Waals surface area contributed by atoms with Crippen molar-refractivity contribution in [3.05, 3.63) is 23.9 Å². The van der Waals surface area contributed by atoms with Gasteiger partial charge in [0.05, 0.1) is 24.7 Å². The third-order valence-corrected chi connectivity index (χ3v) is 13.7. The van der Waals surface area contributed by atoms with Crippen molar-refractivity contribution in [1.82, 2.24) is 15.1 Å². The number of rotatable bonds is 9. The number of aliphatic hydroxyl groups excluding tert-OH is 1. The van der Waals surface area contributed by atoms with Crippen LogP contribution < -0.4 is 5.32 Å². The summed E-state index contributed by atoms with van der Waals surface area (Å²) < 4.78 is 17.5. The van der Waals surface area contributed by atoms with Crippen molar-refractivity contribution in [2.45, 2.75) is 146 Å². The molecule has 7 aliphatic rings. The molecule has 0 bridgehead atoms. The highest BCUT2D eigenvalue weighted by Crippen LogP contribution is 2.64. The van der Waals surface area contributed by atoms with Crippen LogP contribution in [0.1, 0.15) is 116 Å². The number of carbonyl (C=O) groups is 4. The van der Waals surface area contributed by atoms with Gasteiger partial charge in [-0.15, -0.1) is 6.58 Å². The molecule has 0 aromatic carbocycles. The van der Waals surface area contributed by atoms with E-state index in [1.807, 2.05) is 0 Å². The summed E-state index contributed by atoms with van der Waals surface area (Å²) in [7, 11) is 1.53. The van der Waals surface area contributed by atoms with Gasteiger partial charge in [0.2, 0.25) is 11.8 Å². The van der Waals surface area contributed by atoms with Gasteiger partial charge in [-0.25, -0.2) is 9.69 Å². The molecule has 2 saturated heterocycles. The summed E-state index contributed by atoms with van der Waals surface area (Å²) in [5.74, 6) is -1.90. The van der Waals surface area contributed by atoms with Gasteiger partial charge in [-0.2, -0.15) is 0 Å². The number of nitrogens with one attached hydrogen (secondary N) is 1. The molecule has 282 valence electrons. The Kier molecular flexibility index (Phi) is 11.3. The Morgan fingerprint density at radius 3 is 2.24 bits per heavy atom. The van der Waals surface area contributed by atoms with Gasteiger partial charge in [-0.1, -0.05) is 44.6 Å². The zero-order valence-electron chi connectivity index (χ0n) is 30.5. The number of hydrogen-bond donors (Lipinski definition) is 2. The van der Waals surface area contributed by atoms with E-state index in [4.69, 9.17) is 14.2 Å². The molecular formula is C40H59N3O8. The van der Waals surface area contributed by atoms with E-state index in [1.165, 1.54) is 24.9 Å². The predicted molar refractivity (Wildman–Crippen MR) is 189 cm³/mol. The van der Waals surface area contributed by atoms with E-state index in [1.54, 1.807) is 6.08 Å². The van der Waals surface area contributed by atoms with E-state index >= 15 is 4.79 Å². The number of cyclic esters (lactones) is 1. The third kappa shape index (κ3) is 6.37. The first-order chi connectivity index (χ1) is 24.8. The molecule has 11 nitrogen and oxygen atoms in total. The molecule has 11 heteroatoms. The van der Waals surface area contributed by atoms with Crippen molar-refractivity contribution >= 4 is 23.9 Å². The second-order valence-electron chi connectivity index (χ2n) is 16.4. The molecule has 0 aromatic heterocycles. The summed E-state index contributed by atoms with van der Waals surface area (Å²) in [5.41, 5.74) is 0.0187. The number of imide groups is 1. The number of fused-ring (bicyclic) bond motifs is 2. The predicted octanol–water partition coefficient (Wildman–Crippen LogP) is 5.40. The molecule has 3 aliphatic heterocycles. The molecule has 7 rings (SSSR count). The van der Waals surface area contributed by atoms with Crippen molar-refractivity contribution in [2.24, 2.45) is 29.1 Å². The summed E-state index contributed by atoms with van der Waals surface area (Å²) in [5, 5.41) is 13.8. The van der Waals surface area contributed by atoms with E-state index in [0.29, 0.717) is 44.2 Å². The lowest BCUT2D eigenvalue weighted by Crippen LogP contribution is -2.66. The molecule has 3 heterocycles. The van der Waals surface area contributed by atoms with Crippen molar-refractivity contribution in [3.63, 3.8) is 0 Å². The Morgan fingerprint density at radius 1 is 0.902 bits per heavy atom. The van der Waals surface area contributed by atoms with E-state index in [-0.39, 0.29) is 55.6 Å². The van der Waals surface area contributed by atoms with Gasteiger partial charge in [0.1, 0.15) is 24.2 Å². The fraction of sp³-hybridized carbons (Fsp3) is 0.800. The molecule has 3 amide bonds. The first-order valence-corrected chi connectivity index (χ1v) is 20.1. The molecule has 0 aromatic rings. The smallest absolute Gasteiger partial charge is 0.421 e. The molecule has 2 N–H and O–H groups in total. The topological polar surface area (TPSA) is 135 Å². The summed E-state index contributed by atoms with van der Waals surface area (Å²) in [6, 6.07) is -1.61. The van der Waals surface area contributed by atoms with E-state index in [9.17, 15) is 19.5 Å². The number of hydrogen-bond acceptors (Lipinski definition) is 9. The van der Waals surface area contributed by atoms with Crippen LogP contribution in [0.4, 0.5) is 4.79 Å². The Bertz CT molecular complexity index is 1360. The largest absolute Gasteiger partial charge is 0.459 e. The SMILES string of the molecule is C=CCNC(=O)[C@@H]1[C@H]2C(=O)O[C@H](C3CCCCC3)[C@H](C3CCCCC3)N2[C@H](C2CCC(O)CC2)[C@@]12C(=O)N(C(=O)OCCOC)C1=C2CCCC1. The maximum absolute atomic E-state index is 15.7. The summed E-state index contributed by atoms with van der Waals surface area (Å²) >= 11 is 0. The molecule has 6 atom stereocenters. The van der Waals surface area contributed by atoms with E-state index in [0.717, 1.165) is 69.8 Å². The fourth-order valence-electron chi connectivity index (χ4n) is 11.7. The second-order valence-corrected chi connectivity index (χ2v) is 16.4. The van der Waals surface area contributed by atoms with Gasteiger partial charge in [0.15, 0.2) is 0 Å². The minimum atomic E-state index is -1.45. The normalized spacial score (nSPS) is 36.5. The number of nitrogens with zero attached hydrogens (tertiary/aromatic N) is 2. The lowest BCUT2D eigenvalue weighted by molar-refractivity contribution is -0.190. The van der Waals surface area contributed by atoms with Crippen molar-refractivity contribution in [1.29, 1.82) is 0 Å². The number of amides is 3. The number of morpholine rings is 1. The number of carbonyl (C=O) groups excluding carboxylic acids is 4. The Morgan fingerprint density at radius 2 is 1.57 bits per heavy atom. The number of esters is 1. The van der Waals surface area contributed by atoms with Crippen molar-refractivity contribution in [2.75, 3.05) is 26.9 Å². The minimum absolute atomic E-state index is 0.00415.